The monoisotopic (exact) mass is 548 g/mol. The highest BCUT2D eigenvalue weighted by Gasteiger charge is 2.60. The largest absolute Gasteiger partial charge is 0.481 e. The average molecular weight is 548 g/mol. The molecule has 0 saturated carbocycles. The number of ether oxygens (including phenoxy) is 1. The van der Waals surface area contributed by atoms with Crippen molar-refractivity contribution >= 4 is 17.5 Å². The Morgan fingerprint density at radius 3 is 2.16 bits per heavy atom. The summed E-state index contributed by atoms with van der Waals surface area (Å²) in [6, 6.07) is 7.49. The van der Waals surface area contributed by atoms with E-state index in [0.29, 0.717) is 11.6 Å². The molecule has 0 atom stereocenters. The molecule has 0 aromatic heterocycles. The van der Waals surface area contributed by atoms with Crippen molar-refractivity contribution in [1.29, 1.82) is 0 Å². The van der Waals surface area contributed by atoms with Gasteiger partial charge in [0.25, 0.3) is 5.91 Å². The van der Waals surface area contributed by atoms with Crippen molar-refractivity contribution < 1.29 is 49.4 Å². The molecule has 13 heteroatoms. The van der Waals surface area contributed by atoms with Gasteiger partial charge in [-0.25, -0.2) is 0 Å². The van der Waals surface area contributed by atoms with Crippen molar-refractivity contribution in [3.63, 3.8) is 0 Å². The molecule has 204 valence electrons. The molecule has 0 saturated heterocycles. The predicted octanol–water partition coefficient (Wildman–Crippen LogP) is 6.17. The Balaban J connectivity index is 2.08. The van der Waals surface area contributed by atoms with Gasteiger partial charge in [-0.3, -0.25) is 9.59 Å². The highest BCUT2D eigenvalue weighted by Crippen LogP contribution is 2.52. The molecule has 2 aromatic rings. The SMILES string of the molecule is Cc1c(C(F)(F)C(F)(F)F)ccc2c1C(N1Cc3ccccc3C1=O)=C(N(C)C(=O)C(F)(F)F)C(C)(C)O2. The second kappa shape index (κ2) is 8.43. The summed E-state index contributed by atoms with van der Waals surface area (Å²) in [5.41, 5.74) is -4.74. The molecule has 0 unspecified atom stereocenters. The van der Waals surface area contributed by atoms with Crippen molar-refractivity contribution in [1.82, 2.24) is 9.80 Å². The summed E-state index contributed by atoms with van der Waals surface area (Å²) < 4.78 is 115. The Hall–Kier alpha value is -3.64. The summed E-state index contributed by atoms with van der Waals surface area (Å²) in [5, 5.41) is 0. The molecule has 0 aliphatic carbocycles. The van der Waals surface area contributed by atoms with E-state index in [1.165, 1.54) is 26.0 Å². The number of likely N-dealkylation sites (N-methyl/N-ethyl adjacent to an activating group) is 1. The Labute approximate surface area is 211 Å². The third kappa shape index (κ3) is 4.08. The number of hydrogen-bond donors (Lipinski definition) is 0. The molecule has 0 spiro atoms. The molecule has 0 bridgehead atoms. The van der Waals surface area contributed by atoms with Crippen LogP contribution in [0.1, 0.15) is 46.5 Å². The highest BCUT2D eigenvalue weighted by molar-refractivity contribution is 6.05. The van der Waals surface area contributed by atoms with Gasteiger partial charge in [0, 0.05) is 23.7 Å². The molecule has 2 aliphatic rings. The van der Waals surface area contributed by atoms with Gasteiger partial charge in [-0.05, 0) is 50.1 Å². The lowest BCUT2D eigenvalue weighted by Gasteiger charge is -2.43. The van der Waals surface area contributed by atoms with Crippen LogP contribution in [0.3, 0.4) is 0 Å². The number of rotatable bonds is 3. The van der Waals surface area contributed by atoms with Crippen LogP contribution in [-0.2, 0) is 17.3 Å². The van der Waals surface area contributed by atoms with Gasteiger partial charge in [0.1, 0.15) is 11.4 Å². The maximum atomic E-state index is 14.5. The quantitative estimate of drug-likeness (QED) is 0.432. The minimum atomic E-state index is -5.99. The number of halogens is 8. The molecule has 2 aliphatic heterocycles. The zero-order valence-corrected chi connectivity index (χ0v) is 20.3. The number of carbonyl (C=O) groups is 2. The van der Waals surface area contributed by atoms with Crippen molar-refractivity contribution in [2.24, 2.45) is 0 Å². The van der Waals surface area contributed by atoms with Crippen LogP contribution in [0.25, 0.3) is 5.70 Å². The first-order chi connectivity index (χ1) is 17.3. The third-order valence-electron chi connectivity index (χ3n) is 6.49. The number of hydrogen-bond acceptors (Lipinski definition) is 3. The average Bonchev–Trinajstić information content (AvgIpc) is 3.11. The lowest BCUT2D eigenvalue weighted by Crippen LogP contribution is -2.49. The van der Waals surface area contributed by atoms with E-state index in [-0.39, 0.29) is 22.8 Å². The smallest absolute Gasteiger partial charge is 0.471 e. The zero-order valence-electron chi connectivity index (χ0n) is 20.3. The van der Waals surface area contributed by atoms with Crippen LogP contribution >= 0.6 is 0 Å². The lowest BCUT2D eigenvalue weighted by atomic mass is 9.87. The van der Waals surface area contributed by atoms with Crippen molar-refractivity contribution in [3.8, 4) is 5.75 Å². The number of benzene rings is 2. The Kier molecular flexibility index (Phi) is 6.08. The summed E-state index contributed by atoms with van der Waals surface area (Å²) in [6.07, 6.45) is -11.4. The number of nitrogens with zero attached hydrogens (tertiary/aromatic N) is 2. The maximum Gasteiger partial charge on any atom is 0.471 e. The molecule has 0 fully saturated rings. The fourth-order valence-corrected chi connectivity index (χ4v) is 4.84. The number of amides is 2. The highest BCUT2D eigenvalue weighted by atomic mass is 19.4. The first-order valence-corrected chi connectivity index (χ1v) is 11.1. The summed E-state index contributed by atoms with van der Waals surface area (Å²) in [4.78, 5) is 26.9. The first-order valence-electron chi connectivity index (χ1n) is 11.1. The minimum Gasteiger partial charge on any atom is -0.481 e. The van der Waals surface area contributed by atoms with Crippen LogP contribution in [-0.4, -0.2) is 46.6 Å². The molecule has 2 aromatic carbocycles. The molecule has 0 N–H and O–H groups in total. The van der Waals surface area contributed by atoms with Gasteiger partial charge in [-0.1, -0.05) is 18.2 Å². The second-order valence-corrected chi connectivity index (χ2v) is 9.40. The Morgan fingerprint density at radius 2 is 1.61 bits per heavy atom. The van der Waals surface area contributed by atoms with Gasteiger partial charge in [0.05, 0.1) is 17.9 Å². The molecule has 5 nitrogen and oxygen atoms in total. The van der Waals surface area contributed by atoms with Crippen LogP contribution in [0.4, 0.5) is 35.1 Å². The first kappa shape index (κ1) is 27.4. The van der Waals surface area contributed by atoms with E-state index >= 15 is 0 Å². The van der Waals surface area contributed by atoms with Crippen molar-refractivity contribution in [3.05, 3.63) is 69.9 Å². The van der Waals surface area contributed by atoms with Gasteiger partial charge in [0.2, 0.25) is 0 Å². The summed E-state index contributed by atoms with van der Waals surface area (Å²) >= 11 is 0. The fraction of sp³-hybridized carbons (Fsp3) is 0.360. The van der Waals surface area contributed by atoms with E-state index in [1.807, 2.05) is 0 Å². The van der Waals surface area contributed by atoms with Crippen LogP contribution in [0.5, 0.6) is 5.75 Å². The zero-order chi connectivity index (χ0) is 28.6. The normalized spacial score (nSPS) is 17.3. The number of carbonyl (C=O) groups excluding carboxylic acids is 2. The van der Waals surface area contributed by atoms with Crippen LogP contribution < -0.4 is 4.74 Å². The minimum absolute atomic E-state index is 0.157. The van der Waals surface area contributed by atoms with Crippen LogP contribution in [0.15, 0.2) is 42.1 Å². The number of fused-ring (bicyclic) bond motifs is 2. The molecule has 2 amide bonds. The maximum absolute atomic E-state index is 14.5. The Morgan fingerprint density at radius 1 is 1.00 bits per heavy atom. The fourth-order valence-electron chi connectivity index (χ4n) is 4.84. The van der Waals surface area contributed by atoms with Gasteiger partial charge in [-0.15, -0.1) is 0 Å². The molecular formula is C25H20F8N2O3. The lowest BCUT2D eigenvalue weighted by molar-refractivity contribution is -0.289. The topological polar surface area (TPSA) is 49.9 Å². The van der Waals surface area contributed by atoms with Crippen molar-refractivity contribution in [2.75, 3.05) is 7.05 Å². The van der Waals surface area contributed by atoms with Crippen LogP contribution in [0.2, 0.25) is 0 Å². The van der Waals surface area contributed by atoms with E-state index in [9.17, 15) is 44.7 Å². The van der Waals surface area contributed by atoms with E-state index in [2.05, 4.69) is 0 Å². The van der Waals surface area contributed by atoms with E-state index in [4.69, 9.17) is 4.74 Å². The van der Waals surface area contributed by atoms with Gasteiger partial charge >= 0.3 is 24.2 Å². The summed E-state index contributed by atoms with van der Waals surface area (Å²) in [5.74, 6) is -8.68. The number of alkyl halides is 8. The molecule has 0 radical (unpaired) electrons. The Bertz CT molecular complexity index is 1380. The summed E-state index contributed by atoms with van der Waals surface area (Å²) in [6.45, 7) is 3.25. The van der Waals surface area contributed by atoms with E-state index < -0.39 is 63.8 Å². The third-order valence-corrected chi connectivity index (χ3v) is 6.49. The predicted molar refractivity (Wildman–Crippen MR) is 118 cm³/mol. The molecule has 38 heavy (non-hydrogen) atoms. The van der Waals surface area contributed by atoms with E-state index in [0.717, 1.165) is 24.9 Å². The van der Waals surface area contributed by atoms with Crippen molar-refractivity contribution in [2.45, 2.75) is 51.2 Å². The van der Waals surface area contributed by atoms with Gasteiger partial charge < -0.3 is 14.5 Å². The summed E-state index contributed by atoms with van der Waals surface area (Å²) in [7, 11) is 0.762. The molecule has 4 rings (SSSR count). The molecular weight excluding hydrogens is 528 g/mol. The standard InChI is InChI=1S/C25H20F8N2O3/c1-12-15(23(26,27)25(31,32)33)9-10-16-17(12)18(35-11-13-7-5-6-8-14(13)20(35)36)19(22(2,3)38-16)34(4)21(37)24(28,29)30/h5-10H,11H2,1-4H3. The molecule has 2 heterocycles. The van der Waals surface area contributed by atoms with Gasteiger partial charge in [0.15, 0.2) is 0 Å². The van der Waals surface area contributed by atoms with Crippen LogP contribution in [0, 0.1) is 6.92 Å². The second-order valence-electron chi connectivity index (χ2n) is 9.40. The van der Waals surface area contributed by atoms with E-state index in [1.54, 1.807) is 12.1 Å². The van der Waals surface area contributed by atoms with Gasteiger partial charge in [-0.2, -0.15) is 35.1 Å².